The summed E-state index contributed by atoms with van der Waals surface area (Å²) in [5, 5.41) is 3.94. The SMILES string of the molecule is CCn1ncnc1CC(=O)c1cc(C)c(F)cc1F. The Balaban J connectivity index is 2.28. The standard InChI is InChI=1S/C13H13F2N3O/c1-3-18-13(16-7-17-18)6-12(19)9-4-8(2)10(14)5-11(9)15/h4-5,7H,3,6H2,1-2H3. The minimum atomic E-state index is -0.851. The molecule has 0 fully saturated rings. The minimum absolute atomic E-state index is 0.0597. The van der Waals surface area contributed by atoms with Crippen LogP contribution in [0.3, 0.4) is 0 Å². The van der Waals surface area contributed by atoms with Crippen LogP contribution in [0.4, 0.5) is 8.78 Å². The Labute approximate surface area is 109 Å². The van der Waals surface area contributed by atoms with Gasteiger partial charge in [0.2, 0.25) is 0 Å². The predicted octanol–water partition coefficient (Wildman–Crippen LogP) is 2.31. The lowest BCUT2D eigenvalue weighted by Crippen LogP contribution is -2.12. The van der Waals surface area contributed by atoms with Gasteiger partial charge < -0.3 is 0 Å². The van der Waals surface area contributed by atoms with Crippen molar-refractivity contribution in [3.63, 3.8) is 0 Å². The first kappa shape index (κ1) is 13.3. The Kier molecular flexibility index (Phi) is 3.69. The maximum absolute atomic E-state index is 13.6. The van der Waals surface area contributed by atoms with Crippen molar-refractivity contribution < 1.29 is 13.6 Å². The van der Waals surface area contributed by atoms with Gasteiger partial charge in [-0.1, -0.05) is 0 Å². The fourth-order valence-corrected chi connectivity index (χ4v) is 1.80. The Bertz CT molecular complexity index is 622. The lowest BCUT2D eigenvalue weighted by molar-refractivity contribution is 0.0985. The molecule has 1 aromatic heterocycles. The highest BCUT2D eigenvalue weighted by atomic mass is 19.1. The summed E-state index contributed by atoms with van der Waals surface area (Å²) in [6.45, 7) is 3.93. The Morgan fingerprint density at radius 1 is 1.32 bits per heavy atom. The van der Waals surface area contributed by atoms with E-state index in [1.165, 1.54) is 19.3 Å². The number of carbonyl (C=O) groups is 1. The van der Waals surface area contributed by atoms with Crippen molar-refractivity contribution in [2.75, 3.05) is 0 Å². The molecule has 0 saturated heterocycles. The molecule has 1 aromatic carbocycles. The van der Waals surface area contributed by atoms with E-state index in [-0.39, 0.29) is 17.5 Å². The van der Waals surface area contributed by atoms with Crippen LogP contribution in [0.2, 0.25) is 0 Å². The molecule has 2 rings (SSSR count). The first-order chi connectivity index (χ1) is 9.02. The molecule has 0 aliphatic carbocycles. The van der Waals surface area contributed by atoms with Gasteiger partial charge in [0.15, 0.2) is 5.78 Å². The van der Waals surface area contributed by atoms with Gasteiger partial charge in [0.25, 0.3) is 0 Å². The highest BCUT2D eigenvalue weighted by molar-refractivity contribution is 5.97. The summed E-state index contributed by atoms with van der Waals surface area (Å²) in [4.78, 5) is 16.0. The second-order valence-electron chi connectivity index (χ2n) is 4.17. The number of aryl methyl sites for hydroxylation is 2. The van der Waals surface area contributed by atoms with E-state index in [1.807, 2.05) is 6.92 Å². The van der Waals surface area contributed by atoms with E-state index in [9.17, 15) is 13.6 Å². The molecule has 0 radical (unpaired) electrons. The molecule has 0 atom stereocenters. The second-order valence-corrected chi connectivity index (χ2v) is 4.17. The van der Waals surface area contributed by atoms with Crippen molar-refractivity contribution in [1.29, 1.82) is 0 Å². The maximum atomic E-state index is 13.6. The van der Waals surface area contributed by atoms with Crippen molar-refractivity contribution in [1.82, 2.24) is 14.8 Å². The third kappa shape index (κ3) is 2.67. The quantitative estimate of drug-likeness (QED) is 0.797. The lowest BCUT2D eigenvalue weighted by atomic mass is 10.0. The molecule has 2 aromatic rings. The molecule has 1 heterocycles. The van der Waals surface area contributed by atoms with Crippen LogP contribution in [-0.2, 0) is 13.0 Å². The summed E-state index contributed by atoms with van der Waals surface area (Å²) in [6, 6.07) is 1.95. The van der Waals surface area contributed by atoms with Gasteiger partial charge in [-0.25, -0.2) is 18.4 Å². The van der Waals surface area contributed by atoms with Gasteiger partial charge in [0.1, 0.15) is 23.8 Å². The average molecular weight is 265 g/mol. The summed E-state index contributed by atoms with van der Waals surface area (Å²) >= 11 is 0. The molecule has 19 heavy (non-hydrogen) atoms. The number of hydrogen-bond donors (Lipinski definition) is 0. The van der Waals surface area contributed by atoms with Crippen LogP contribution in [-0.4, -0.2) is 20.5 Å². The number of aromatic nitrogens is 3. The normalized spacial score (nSPS) is 10.7. The van der Waals surface area contributed by atoms with E-state index < -0.39 is 17.4 Å². The molecule has 0 unspecified atom stereocenters. The number of halogens is 2. The molecule has 0 N–H and O–H groups in total. The minimum Gasteiger partial charge on any atom is -0.294 e. The fourth-order valence-electron chi connectivity index (χ4n) is 1.80. The molecule has 0 amide bonds. The smallest absolute Gasteiger partial charge is 0.173 e. The molecule has 4 nitrogen and oxygen atoms in total. The van der Waals surface area contributed by atoms with Crippen LogP contribution >= 0.6 is 0 Å². The van der Waals surface area contributed by atoms with Gasteiger partial charge in [0.05, 0.1) is 12.0 Å². The molecule has 6 heteroatoms. The van der Waals surface area contributed by atoms with Gasteiger partial charge >= 0.3 is 0 Å². The van der Waals surface area contributed by atoms with Gasteiger partial charge in [-0.2, -0.15) is 5.10 Å². The summed E-state index contributed by atoms with van der Waals surface area (Å²) in [7, 11) is 0. The molecule has 0 aliphatic heterocycles. The van der Waals surface area contributed by atoms with Gasteiger partial charge in [-0.05, 0) is 25.5 Å². The van der Waals surface area contributed by atoms with Crippen LogP contribution in [0.25, 0.3) is 0 Å². The topological polar surface area (TPSA) is 47.8 Å². The molecular weight excluding hydrogens is 252 g/mol. The zero-order valence-corrected chi connectivity index (χ0v) is 10.7. The number of nitrogens with zero attached hydrogens (tertiary/aromatic N) is 3. The van der Waals surface area contributed by atoms with E-state index in [0.29, 0.717) is 12.4 Å². The van der Waals surface area contributed by atoms with Crippen molar-refractivity contribution >= 4 is 5.78 Å². The molecule has 0 spiro atoms. The fraction of sp³-hybridized carbons (Fsp3) is 0.308. The maximum Gasteiger partial charge on any atom is 0.173 e. The number of ketones is 1. The molecule has 0 saturated carbocycles. The summed E-state index contributed by atoms with van der Waals surface area (Å²) in [5.41, 5.74) is 0.117. The van der Waals surface area contributed by atoms with Crippen molar-refractivity contribution in [3.8, 4) is 0 Å². The van der Waals surface area contributed by atoms with E-state index in [1.54, 1.807) is 4.68 Å². The van der Waals surface area contributed by atoms with Gasteiger partial charge in [0, 0.05) is 12.6 Å². The lowest BCUT2D eigenvalue weighted by Gasteiger charge is -2.05. The van der Waals surface area contributed by atoms with Gasteiger partial charge in [-0.3, -0.25) is 4.79 Å². The largest absolute Gasteiger partial charge is 0.294 e. The van der Waals surface area contributed by atoms with Crippen LogP contribution in [0.1, 0.15) is 28.7 Å². The highest BCUT2D eigenvalue weighted by Crippen LogP contribution is 2.16. The molecule has 0 aliphatic rings. The number of rotatable bonds is 4. The van der Waals surface area contributed by atoms with Gasteiger partial charge in [-0.15, -0.1) is 0 Å². The van der Waals surface area contributed by atoms with E-state index in [0.717, 1.165) is 6.07 Å². The summed E-state index contributed by atoms with van der Waals surface area (Å²) in [5.74, 6) is -1.49. The zero-order chi connectivity index (χ0) is 14.0. The van der Waals surface area contributed by atoms with Crippen molar-refractivity contribution in [2.24, 2.45) is 0 Å². The predicted molar refractivity (Wildman–Crippen MR) is 64.8 cm³/mol. The number of carbonyl (C=O) groups excluding carboxylic acids is 1. The van der Waals surface area contributed by atoms with Crippen molar-refractivity contribution in [3.05, 3.63) is 47.0 Å². The van der Waals surface area contributed by atoms with E-state index in [2.05, 4.69) is 10.1 Å². The van der Waals surface area contributed by atoms with Crippen LogP contribution in [0.15, 0.2) is 18.5 Å². The number of benzene rings is 1. The number of hydrogen-bond acceptors (Lipinski definition) is 3. The van der Waals surface area contributed by atoms with E-state index in [4.69, 9.17) is 0 Å². The van der Waals surface area contributed by atoms with Crippen LogP contribution in [0.5, 0.6) is 0 Å². The third-order valence-electron chi connectivity index (χ3n) is 2.86. The Hall–Kier alpha value is -2.11. The first-order valence-corrected chi connectivity index (χ1v) is 5.88. The third-order valence-corrected chi connectivity index (χ3v) is 2.86. The molecular formula is C13H13F2N3O. The van der Waals surface area contributed by atoms with E-state index >= 15 is 0 Å². The second kappa shape index (κ2) is 5.26. The zero-order valence-electron chi connectivity index (χ0n) is 10.7. The molecule has 100 valence electrons. The summed E-state index contributed by atoms with van der Waals surface area (Å²) < 4.78 is 28.3. The summed E-state index contributed by atoms with van der Waals surface area (Å²) in [6.07, 6.45) is 1.29. The highest BCUT2D eigenvalue weighted by Gasteiger charge is 2.17. The van der Waals surface area contributed by atoms with Crippen molar-refractivity contribution in [2.45, 2.75) is 26.8 Å². The average Bonchev–Trinajstić information content (AvgIpc) is 2.80. The Morgan fingerprint density at radius 2 is 2.05 bits per heavy atom. The monoisotopic (exact) mass is 265 g/mol. The van der Waals surface area contributed by atoms with Crippen LogP contribution in [0, 0.1) is 18.6 Å². The Morgan fingerprint density at radius 3 is 2.74 bits per heavy atom. The molecule has 0 bridgehead atoms. The van der Waals surface area contributed by atoms with Crippen LogP contribution < -0.4 is 0 Å². The number of Topliss-reactive ketones (excluding diaryl/α,β-unsaturated/α-hetero) is 1. The first-order valence-electron chi connectivity index (χ1n) is 5.88.